The predicted molar refractivity (Wildman–Crippen MR) is 93.1 cm³/mol. The Hall–Kier alpha value is -2.62. The van der Waals surface area contributed by atoms with Gasteiger partial charge >= 0.3 is 6.11 Å². The molecule has 0 aliphatic heterocycles. The highest BCUT2D eigenvalue weighted by molar-refractivity contribution is 6.05. The van der Waals surface area contributed by atoms with Crippen LogP contribution in [0.2, 0.25) is 0 Å². The summed E-state index contributed by atoms with van der Waals surface area (Å²) in [4.78, 5) is 4.15. The minimum absolute atomic E-state index is 0.00427. The SMILES string of the molecule is CC(F)(F)Oc1ccc(Nc2nccc(C(O)CO)c2C(=N)CN)cc1. The van der Waals surface area contributed by atoms with E-state index < -0.39 is 18.8 Å². The Labute approximate surface area is 149 Å². The highest BCUT2D eigenvalue weighted by atomic mass is 19.3. The Bertz CT molecular complexity index is 764. The minimum atomic E-state index is -3.28. The number of nitrogens with two attached hydrogens (primary N) is 1. The van der Waals surface area contributed by atoms with E-state index in [9.17, 15) is 19.0 Å². The fourth-order valence-corrected chi connectivity index (χ4v) is 2.32. The molecule has 1 heterocycles. The molecule has 2 aromatic rings. The Morgan fingerprint density at radius 2 is 2.00 bits per heavy atom. The molecule has 0 saturated carbocycles. The Kier molecular flexibility index (Phi) is 6.19. The second kappa shape index (κ2) is 8.17. The molecule has 2 rings (SSSR count). The molecule has 0 radical (unpaired) electrons. The fourth-order valence-electron chi connectivity index (χ4n) is 2.32. The van der Waals surface area contributed by atoms with Gasteiger partial charge in [0.1, 0.15) is 17.7 Å². The van der Waals surface area contributed by atoms with Crippen molar-refractivity contribution >= 4 is 17.2 Å². The van der Waals surface area contributed by atoms with Crippen molar-refractivity contribution in [3.8, 4) is 5.75 Å². The minimum Gasteiger partial charge on any atom is -0.433 e. The lowest BCUT2D eigenvalue weighted by molar-refractivity contribution is -0.158. The molecule has 0 aliphatic rings. The lowest BCUT2D eigenvalue weighted by Gasteiger charge is -2.18. The Morgan fingerprint density at radius 3 is 2.54 bits per heavy atom. The van der Waals surface area contributed by atoms with Crippen LogP contribution in [0.15, 0.2) is 36.5 Å². The van der Waals surface area contributed by atoms with Crippen LogP contribution in [0.4, 0.5) is 20.3 Å². The summed E-state index contributed by atoms with van der Waals surface area (Å²) in [7, 11) is 0. The van der Waals surface area contributed by atoms with E-state index in [4.69, 9.17) is 11.1 Å². The number of aliphatic hydroxyl groups excluding tert-OH is 2. The standard InChI is InChI=1S/C17H20F2N4O3/c1-17(18,19)26-11-4-2-10(3-5-11)23-16-15(13(21)8-20)12(6-7-22-16)14(25)9-24/h2-7,14,21,24-25H,8-9,20H2,1H3,(H,22,23). The zero-order chi connectivity index (χ0) is 19.3. The smallest absolute Gasteiger partial charge is 0.394 e. The normalized spacial score (nSPS) is 12.5. The van der Waals surface area contributed by atoms with E-state index in [1.807, 2.05) is 0 Å². The number of aromatic nitrogens is 1. The second-order valence-electron chi connectivity index (χ2n) is 5.56. The predicted octanol–water partition coefficient (Wildman–Crippen LogP) is 2.17. The van der Waals surface area contributed by atoms with Gasteiger partial charge in [0.15, 0.2) is 0 Å². The fraction of sp³-hybridized carbons (Fsp3) is 0.294. The third kappa shape index (κ3) is 4.94. The summed E-state index contributed by atoms with van der Waals surface area (Å²) in [5.74, 6) is 0.246. The van der Waals surface area contributed by atoms with Gasteiger partial charge in [-0.2, -0.15) is 8.78 Å². The first kappa shape index (κ1) is 19.7. The molecule has 1 unspecified atom stereocenters. The number of halogens is 2. The number of hydrogen-bond acceptors (Lipinski definition) is 7. The van der Waals surface area contributed by atoms with Crippen molar-refractivity contribution in [2.75, 3.05) is 18.5 Å². The number of benzene rings is 1. The van der Waals surface area contributed by atoms with Crippen LogP contribution in [-0.2, 0) is 0 Å². The van der Waals surface area contributed by atoms with Gasteiger partial charge in [0.2, 0.25) is 0 Å². The second-order valence-corrected chi connectivity index (χ2v) is 5.56. The maximum Gasteiger partial charge on any atom is 0.394 e. The van der Waals surface area contributed by atoms with Crippen molar-refractivity contribution in [3.05, 3.63) is 47.7 Å². The molecule has 26 heavy (non-hydrogen) atoms. The molecule has 0 spiro atoms. The van der Waals surface area contributed by atoms with Crippen LogP contribution < -0.4 is 15.8 Å². The van der Waals surface area contributed by atoms with Gasteiger partial charge in [-0.3, -0.25) is 0 Å². The van der Waals surface area contributed by atoms with Gasteiger partial charge in [0.05, 0.1) is 12.3 Å². The summed E-state index contributed by atoms with van der Waals surface area (Å²) in [6.07, 6.45) is -3.06. The van der Waals surface area contributed by atoms with Gasteiger partial charge in [0.25, 0.3) is 0 Å². The van der Waals surface area contributed by atoms with Gasteiger partial charge in [-0.05, 0) is 35.9 Å². The number of hydrogen-bond donors (Lipinski definition) is 5. The summed E-state index contributed by atoms with van der Waals surface area (Å²) in [5, 5.41) is 30.1. The largest absolute Gasteiger partial charge is 0.433 e. The van der Waals surface area contributed by atoms with Crippen molar-refractivity contribution in [1.29, 1.82) is 5.41 Å². The van der Waals surface area contributed by atoms with E-state index in [0.29, 0.717) is 18.2 Å². The summed E-state index contributed by atoms with van der Waals surface area (Å²) in [5.41, 5.74) is 6.66. The van der Waals surface area contributed by atoms with E-state index in [0.717, 1.165) is 0 Å². The average molecular weight is 366 g/mol. The molecule has 1 atom stereocenters. The van der Waals surface area contributed by atoms with Crippen LogP contribution >= 0.6 is 0 Å². The highest BCUT2D eigenvalue weighted by Gasteiger charge is 2.23. The number of ether oxygens (including phenoxy) is 1. The van der Waals surface area contributed by atoms with Crippen molar-refractivity contribution in [3.63, 3.8) is 0 Å². The van der Waals surface area contributed by atoms with Crippen molar-refractivity contribution in [2.45, 2.75) is 19.1 Å². The summed E-state index contributed by atoms with van der Waals surface area (Å²) in [6.45, 7) is 0.0290. The molecule has 1 aromatic carbocycles. The molecule has 9 heteroatoms. The lowest BCUT2D eigenvalue weighted by Crippen LogP contribution is -2.20. The van der Waals surface area contributed by atoms with E-state index in [1.54, 1.807) is 0 Å². The third-order valence-electron chi connectivity index (χ3n) is 3.44. The van der Waals surface area contributed by atoms with Crippen LogP contribution in [0.25, 0.3) is 0 Å². The number of pyridine rings is 1. The molecular weight excluding hydrogens is 346 g/mol. The van der Waals surface area contributed by atoms with Gasteiger partial charge in [0, 0.05) is 30.9 Å². The molecule has 7 nitrogen and oxygen atoms in total. The number of nitrogens with zero attached hydrogens (tertiary/aromatic N) is 1. The third-order valence-corrected chi connectivity index (χ3v) is 3.44. The molecule has 0 bridgehead atoms. The quantitative estimate of drug-likeness (QED) is 0.456. The van der Waals surface area contributed by atoms with E-state index in [1.165, 1.54) is 36.5 Å². The topological polar surface area (TPSA) is 124 Å². The molecular formula is C17H20F2N4O3. The average Bonchev–Trinajstić information content (AvgIpc) is 2.60. The number of rotatable bonds is 8. The summed E-state index contributed by atoms with van der Waals surface area (Å²) < 4.78 is 30.2. The van der Waals surface area contributed by atoms with E-state index >= 15 is 0 Å². The van der Waals surface area contributed by atoms with Crippen LogP contribution in [0.5, 0.6) is 5.75 Å². The maximum absolute atomic E-state index is 12.9. The zero-order valence-corrected chi connectivity index (χ0v) is 14.0. The molecule has 1 aromatic heterocycles. The first-order valence-electron chi connectivity index (χ1n) is 7.74. The Balaban J connectivity index is 2.32. The molecule has 0 saturated heterocycles. The van der Waals surface area contributed by atoms with Gasteiger partial charge in [-0.15, -0.1) is 0 Å². The van der Waals surface area contributed by atoms with Gasteiger partial charge in [-0.1, -0.05) is 0 Å². The van der Waals surface area contributed by atoms with Crippen LogP contribution in [-0.4, -0.2) is 40.2 Å². The maximum atomic E-state index is 12.9. The highest BCUT2D eigenvalue weighted by Crippen LogP contribution is 2.28. The first-order valence-corrected chi connectivity index (χ1v) is 7.74. The van der Waals surface area contributed by atoms with Gasteiger partial charge < -0.3 is 31.4 Å². The molecule has 0 fully saturated rings. The molecule has 0 amide bonds. The number of alkyl halides is 2. The van der Waals surface area contributed by atoms with Gasteiger partial charge in [-0.25, -0.2) is 4.98 Å². The van der Waals surface area contributed by atoms with E-state index in [2.05, 4.69) is 15.0 Å². The number of aliphatic hydroxyl groups is 2. The number of anilines is 2. The molecule has 140 valence electrons. The van der Waals surface area contributed by atoms with Crippen LogP contribution in [0, 0.1) is 5.41 Å². The van der Waals surface area contributed by atoms with Crippen molar-refractivity contribution < 1.29 is 23.7 Å². The summed E-state index contributed by atoms with van der Waals surface area (Å²) in [6, 6.07) is 7.23. The summed E-state index contributed by atoms with van der Waals surface area (Å²) >= 11 is 0. The lowest BCUT2D eigenvalue weighted by atomic mass is 10.00. The number of nitrogens with one attached hydrogen (secondary N) is 2. The van der Waals surface area contributed by atoms with Crippen molar-refractivity contribution in [2.24, 2.45) is 5.73 Å². The molecule has 0 aliphatic carbocycles. The molecule has 6 N–H and O–H groups in total. The zero-order valence-electron chi connectivity index (χ0n) is 14.0. The van der Waals surface area contributed by atoms with E-state index in [-0.39, 0.29) is 29.4 Å². The first-order chi connectivity index (χ1) is 12.2. The van der Waals surface area contributed by atoms with Crippen molar-refractivity contribution in [1.82, 2.24) is 4.98 Å². The monoisotopic (exact) mass is 366 g/mol. The Morgan fingerprint density at radius 1 is 1.35 bits per heavy atom. The van der Waals surface area contributed by atoms with Crippen LogP contribution in [0.1, 0.15) is 24.2 Å². The van der Waals surface area contributed by atoms with Crippen LogP contribution in [0.3, 0.4) is 0 Å².